The maximum Gasteiger partial charge on any atom is 0.171 e. The number of ketones is 1. The van der Waals surface area contributed by atoms with E-state index in [9.17, 15) is 4.79 Å². The minimum atomic E-state index is -0.500. The molecule has 1 aliphatic heterocycles. The molecule has 1 aromatic heterocycles. The SMILES string of the molecule is C=S1CCN(c2cc(OC)cc(C(C#CC)=Nc3c(C(=O)C(C)(C)C)c[nH]c3C)c2)CC1. The Kier molecular flexibility index (Phi) is 7.30. The van der Waals surface area contributed by atoms with Crippen molar-refractivity contribution >= 4 is 39.2 Å². The van der Waals surface area contributed by atoms with Gasteiger partial charge in [-0.3, -0.25) is 4.79 Å². The quantitative estimate of drug-likeness (QED) is 0.293. The number of aryl methyl sites for hydroxylation is 1. The zero-order chi connectivity index (χ0) is 23.5. The van der Waals surface area contributed by atoms with Crippen LogP contribution < -0.4 is 9.64 Å². The number of aromatic nitrogens is 1. The molecule has 3 rings (SSSR count). The van der Waals surface area contributed by atoms with E-state index in [1.165, 1.54) is 0 Å². The lowest BCUT2D eigenvalue weighted by atomic mass is 9.87. The summed E-state index contributed by atoms with van der Waals surface area (Å²) in [4.78, 5) is 23.4. The summed E-state index contributed by atoms with van der Waals surface area (Å²) in [6, 6.07) is 6.13. The summed E-state index contributed by atoms with van der Waals surface area (Å²) in [6.07, 6.45) is 1.75. The second-order valence-corrected chi connectivity index (χ2v) is 11.1. The molecule has 0 unspecified atom stereocenters. The number of aromatic amines is 1. The molecule has 0 atom stereocenters. The van der Waals surface area contributed by atoms with Crippen LogP contribution in [0.2, 0.25) is 0 Å². The molecular formula is C26H33N3O2S. The summed E-state index contributed by atoms with van der Waals surface area (Å²) in [5.41, 5.74) is 4.17. The minimum absolute atomic E-state index is 0.0487. The van der Waals surface area contributed by atoms with E-state index in [0.29, 0.717) is 17.0 Å². The second-order valence-electron chi connectivity index (χ2n) is 9.02. The fourth-order valence-corrected chi connectivity index (χ4v) is 4.77. The van der Waals surface area contributed by atoms with Crippen LogP contribution in [0.4, 0.5) is 11.4 Å². The Bertz CT molecular complexity index is 1120. The molecule has 0 spiro atoms. The van der Waals surface area contributed by atoms with Crippen LogP contribution >= 0.6 is 10.5 Å². The first-order chi connectivity index (χ1) is 15.1. The van der Waals surface area contributed by atoms with Crippen molar-refractivity contribution < 1.29 is 9.53 Å². The van der Waals surface area contributed by atoms with Crippen molar-refractivity contribution in [2.45, 2.75) is 34.6 Å². The van der Waals surface area contributed by atoms with Gasteiger partial charge in [0.2, 0.25) is 0 Å². The molecule has 2 aromatic rings. The first-order valence-corrected chi connectivity index (χ1v) is 12.5. The van der Waals surface area contributed by atoms with Crippen LogP contribution in [-0.4, -0.2) is 54.1 Å². The summed E-state index contributed by atoms with van der Waals surface area (Å²) in [7, 11) is 1.92. The summed E-state index contributed by atoms with van der Waals surface area (Å²) in [5.74, 6) is 13.4. The first kappa shape index (κ1) is 23.9. The van der Waals surface area contributed by atoms with Crippen LogP contribution in [0.5, 0.6) is 5.75 Å². The first-order valence-electron chi connectivity index (χ1n) is 10.8. The molecule has 1 fully saturated rings. The Morgan fingerprint density at radius 3 is 2.53 bits per heavy atom. The molecule has 32 heavy (non-hydrogen) atoms. The zero-order valence-electron chi connectivity index (χ0n) is 20.0. The highest BCUT2D eigenvalue weighted by molar-refractivity contribution is 8.14. The fourth-order valence-electron chi connectivity index (χ4n) is 3.61. The number of H-pyrrole nitrogens is 1. The molecule has 1 N–H and O–H groups in total. The van der Waals surface area contributed by atoms with Crippen LogP contribution in [0.3, 0.4) is 0 Å². The van der Waals surface area contributed by atoms with Gasteiger partial charge in [0.1, 0.15) is 11.5 Å². The number of carbonyl (C=O) groups excluding carboxylic acids is 1. The number of Topliss-reactive ketones (excluding diaryl/α,β-unsaturated/α-hetero) is 1. The van der Waals surface area contributed by atoms with Crippen LogP contribution in [-0.2, 0) is 0 Å². The number of aliphatic imine (C=N–C) groups is 1. The highest BCUT2D eigenvalue weighted by Crippen LogP contribution is 2.32. The van der Waals surface area contributed by atoms with Crippen molar-refractivity contribution in [1.82, 2.24) is 4.98 Å². The van der Waals surface area contributed by atoms with E-state index < -0.39 is 5.41 Å². The summed E-state index contributed by atoms with van der Waals surface area (Å²) in [6.45, 7) is 11.4. The van der Waals surface area contributed by atoms with E-state index in [1.54, 1.807) is 20.2 Å². The number of nitrogens with zero attached hydrogens (tertiary/aromatic N) is 2. The van der Waals surface area contributed by atoms with Gasteiger partial charge in [-0.15, -0.1) is 0 Å². The van der Waals surface area contributed by atoms with Gasteiger partial charge in [0.15, 0.2) is 5.78 Å². The smallest absolute Gasteiger partial charge is 0.171 e. The Morgan fingerprint density at radius 1 is 1.25 bits per heavy atom. The predicted molar refractivity (Wildman–Crippen MR) is 139 cm³/mol. The van der Waals surface area contributed by atoms with Gasteiger partial charge < -0.3 is 14.6 Å². The largest absolute Gasteiger partial charge is 0.497 e. The Labute approximate surface area is 194 Å². The van der Waals surface area contributed by atoms with Gasteiger partial charge in [-0.05, 0) is 31.9 Å². The number of ether oxygens (including phenoxy) is 1. The molecule has 0 aliphatic carbocycles. The van der Waals surface area contributed by atoms with Crippen LogP contribution in [0.1, 0.15) is 49.3 Å². The second kappa shape index (κ2) is 9.79. The highest BCUT2D eigenvalue weighted by Gasteiger charge is 2.27. The molecule has 1 aromatic carbocycles. The van der Waals surface area contributed by atoms with E-state index in [1.807, 2.05) is 33.8 Å². The molecule has 0 saturated carbocycles. The lowest BCUT2D eigenvalue weighted by Gasteiger charge is -2.31. The molecule has 2 heterocycles. The van der Waals surface area contributed by atoms with Crippen molar-refractivity contribution in [1.29, 1.82) is 0 Å². The van der Waals surface area contributed by atoms with Crippen LogP contribution in [0, 0.1) is 24.2 Å². The number of methoxy groups -OCH3 is 1. The number of carbonyl (C=O) groups is 1. The van der Waals surface area contributed by atoms with Crippen LogP contribution in [0.25, 0.3) is 0 Å². The lowest BCUT2D eigenvalue weighted by molar-refractivity contribution is 0.0859. The van der Waals surface area contributed by atoms with E-state index >= 15 is 0 Å². The number of anilines is 1. The number of rotatable bonds is 5. The standard InChI is InChI=1S/C26H33N3O2S/c1-8-9-23(28-24-18(2)27-17-22(24)25(30)26(3,4)5)19-14-20(16-21(15-19)31-6)29-10-12-32(7)13-11-29/h14-17,27H,7,10-13H2,1-6H3. The minimum Gasteiger partial charge on any atom is -0.497 e. The molecule has 170 valence electrons. The third kappa shape index (κ3) is 5.34. The highest BCUT2D eigenvalue weighted by atomic mass is 32.2. The number of hydrogen-bond donors (Lipinski definition) is 1. The van der Waals surface area contributed by atoms with Gasteiger partial charge in [-0.25, -0.2) is 4.99 Å². The number of benzene rings is 1. The zero-order valence-corrected chi connectivity index (χ0v) is 20.8. The van der Waals surface area contributed by atoms with Crippen molar-refractivity contribution in [3.8, 4) is 17.6 Å². The van der Waals surface area contributed by atoms with Gasteiger partial charge in [-0.1, -0.05) is 32.6 Å². The van der Waals surface area contributed by atoms with E-state index in [0.717, 1.165) is 47.3 Å². The third-order valence-electron chi connectivity index (χ3n) is 5.50. The maximum absolute atomic E-state index is 13.0. The molecule has 0 amide bonds. The normalized spacial score (nSPS) is 15.3. The van der Waals surface area contributed by atoms with E-state index in [4.69, 9.17) is 9.73 Å². The fraction of sp³-hybridized carbons (Fsp3) is 0.423. The lowest BCUT2D eigenvalue weighted by Crippen LogP contribution is -2.33. The van der Waals surface area contributed by atoms with Gasteiger partial charge >= 0.3 is 0 Å². The summed E-state index contributed by atoms with van der Waals surface area (Å²) in [5, 5.41) is 0. The van der Waals surface area contributed by atoms with Crippen molar-refractivity contribution in [3.05, 3.63) is 41.2 Å². The molecule has 6 heteroatoms. The van der Waals surface area contributed by atoms with Gasteiger partial charge in [0, 0.05) is 59.2 Å². The Balaban J connectivity index is 2.10. The number of hydrogen-bond acceptors (Lipinski definition) is 4. The Hall–Kier alpha value is -2.78. The molecular weight excluding hydrogens is 418 g/mol. The molecule has 1 aliphatic rings. The topological polar surface area (TPSA) is 57.7 Å². The van der Waals surface area contributed by atoms with Gasteiger partial charge in [0.25, 0.3) is 0 Å². The molecule has 5 nitrogen and oxygen atoms in total. The average molecular weight is 452 g/mol. The summed E-state index contributed by atoms with van der Waals surface area (Å²) >= 11 is 0. The monoisotopic (exact) mass is 451 g/mol. The average Bonchev–Trinajstić information content (AvgIpc) is 3.12. The third-order valence-corrected chi connectivity index (χ3v) is 7.02. The van der Waals surface area contributed by atoms with Crippen molar-refractivity contribution in [3.63, 3.8) is 0 Å². The van der Waals surface area contributed by atoms with E-state index in [-0.39, 0.29) is 16.3 Å². The predicted octanol–water partition coefficient (Wildman–Crippen LogP) is 5.23. The number of nitrogens with one attached hydrogen (secondary N) is 1. The molecule has 0 radical (unpaired) electrons. The van der Waals surface area contributed by atoms with Crippen molar-refractivity contribution in [2.75, 3.05) is 36.6 Å². The summed E-state index contributed by atoms with van der Waals surface area (Å²) < 4.78 is 5.60. The molecule has 0 bridgehead atoms. The van der Waals surface area contributed by atoms with E-state index in [2.05, 4.69) is 39.7 Å². The Morgan fingerprint density at radius 2 is 1.94 bits per heavy atom. The maximum atomic E-state index is 13.0. The van der Waals surface area contributed by atoms with Gasteiger partial charge in [-0.2, -0.15) is 10.5 Å². The van der Waals surface area contributed by atoms with Crippen molar-refractivity contribution in [2.24, 2.45) is 10.4 Å². The molecule has 1 saturated heterocycles. The van der Waals surface area contributed by atoms with Gasteiger partial charge in [0.05, 0.1) is 18.4 Å². The van der Waals surface area contributed by atoms with Crippen LogP contribution in [0.15, 0.2) is 29.4 Å².